The molecule has 3 rings (SSSR count). The van der Waals surface area contributed by atoms with E-state index < -0.39 is 17.8 Å². The smallest absolute Gasteiger partial charge is 0.307 e. The number of aliphatic carboxylic acids is 1. The van der Waals surface area contributed by atoms with Crippen LogP contribution in [0, 0.1) is 23.7 Å². The molecule has 0 heterocycles. The van der Waals surface area contributed by atoms with Crippen LogP contribution in [0.4, 0.5) is 5.69 Å². The summed E-state index contributed by atoms with van der Waals surface area (Å²) in [4.78, 5) is 36.3. The summed E-state index contributed by atoms with van der Waals surface area (Å²) in [6, 6.07) is 6.61. The van der Waals surface area contributed by atoms with Gasteiger partial charge < -0.3 is 15.7 Å². The van der Waals surface area contributed by atoms with E-state index in [1.807, 2.05) is 32.9 Å². The number of carboxylic acids is 1. The molecule has 2 amide bonds. The molecule has 4 unspecified atom stereocenters. The molecule has 26 heavy (non-hydrogen) atoms. The molecule has 0 spiro atoms. The molecule has 1 aromatic rings. The first-order valence-electron chi connectivity index (χ1n) is 8.80. The fourth-order valence-corrected chi connectivity index (χ4v) is 3.86. The Morgan fingerprint density at radius 1 is 1.00 bits per heavy atom. The second-order valence-corrected chi connectivity index (χ2v) is 8.11. The number of carbonyl (C=O) groups excluding carboxylic acids is 2. The quantitative estimate of drug-likeness (QED) is 0.723. The van der Waals surface area contributed by atoms with Crippen molar-refractivity contribution in [2.75, 3.05) is 5.32 Å². The summed E-state index contributed by atoms with van der Waals surface area (Å²) < 4.78 is 0. The van der Waals surface area contributed by atoms with E-state index in [1.54, 1.807) is 24.3 Å². The molecular formula is C20H24N2O4. The zero-order valence-electron chi connectivity index (χ0n) is 15.2. The fourth-order valence-electron chi connectivity index (χ4n) is 3.86. The lowest BCUT2D eigenvalue weighted by atomic mass is 9.82. The van der Waals surface area contributed by atoms with Crippen LogP contribution in [0.15, 0.2) is 36.4 Å². The van der Waals surface area contributed by atoms with E-state index in [4.69, 9.17) is 0 Å². The van der Waals surface area contributed by atoms with Gasteiger partial charge in [0.1, 0.15) is 0 Å². The van der Waals surface area contributed by atoms with Crippen molar-refractivity contribution >= 4 is 23.5 Å². The molecule has 0 radical (unpaired) electrons. The van der Waals surface area contributed by atoms with Crippen LogP contribution < -0.4 is 10.6 Å². The van der Waals surface area contributed by atoms with E-state index in [-0.39, 0.29) is 29.2 Å². The van der Waals surface area contributed by atoms with E-state index >= 15 is 0 Å². The molecule has 3 N–H and O–H groups in total. The second-order valence-electron chi connectivity index (χ2n) is 8.11. The van der Waals surface area contributed by atoms with E-state index in [0.717, 1.165) is 6.42 Å². The highest BCUT2D eigenvalue weighted by molar-refractivity contribution is 5.98. The molecule has 1 fully saturated rings. The Bertz CT molecular complexity index is 761. The first-order chi connectivity index (χ1) is 12.2. The third-order valence-electron chi connectivity index (χ3n) is 4.95. The van der Waals surface area contributed by atoms with Gasteiger partial charge in [-0.3, -0.25) is 14.4 Å². The average molecular weight is 356 g/mol. The number of anilines is 1. The highest BCUT2D eigenvalue weighted by atomic mass is 16.4. The third-order valence-corrected chi connectivity index (χ3v) is 4.95. The summed E-state index contributed by atoms with van der Waals surface area (Å²) >= 11 is 0. The lowest BCUT2D eigenvalue weighted by Crippen LogP contribution is -2.40. The molecule has 2 aliphatic rings. The van der Waals surface area contributed by atoms with Gasteiger partial charge >= 0.3 is 5.97 Å². The van der Waals surface area contributed by atoms with Crippen molar-refractivity contribution in [3.63, 3.8) is 0 Å². The van der Waals surface area contributed by atoms with Gasteiger partial charge in [-0.25, -0.2) is 0 Å². The van der Waals surface area contributed by atoms with Crippen LogP contribution >= 0.6 is 0 Å². The number of carbonyl (C=O) groups is 3. The number of hydrogen-bond acceptors (Lipinski definition) is 3. The Morgan fingerprint density at radius 3 is 2.12 bits per heavy atom. The number of benzene rings is 1. The Hall–Kier alpha value is -2.63. The fraction of sp³-hybridized carbons (Fsp3) is 0.450. The van der Waals surface area contributed by atoms with Crippen molar-refractivity contribution in [1.29, 1.82) is 0 Å². The first kappa shape index (κ1) is 18.2. The van der Waals surface area contributed by atoms with Gasteiger partial charge in [-0.1, -0.05) is 12.2 Å². The molecule has 138 valence electrons. The predicted molar refractivity (Wildman–Crippen MR) is 97.6 cm³/mol. The Labute approximate surface area is 152 Å². The minimum atomic E-state index is -0.920. The highest BCUT2D eigenvalue weighted by Crippen LogP contribution is 2.48. The molecule has 2 bridgehead atoms. The lowest BCUT2D eigenvalue weighted by Gasteiger charge is -2.24. The molecule has 0 aromatic heterocycles. The van der Waals surface area contributed by atoms with Gasteiger partial charge in [-0.05, 0) is 63.3 Å². The van der Waals surface area contributed by atoms with Gasteiger partial charge in [0, 0.05) is 16.8 Å². The van der Waals surface area contributed by atoms with Crippen LogP contribution in [0.3, 0.4) is 0 Å². The number of hydrogen-bond donors (Lipinski definition) is 3. The Morgan fingerprint density at radius 2 is 1.58 bits per heavy atom. The van der Waals surface area contributed by atoms with Gasteiger partial charge in [0.05, 0.1) is 11.8 Å². The number of nitrogens with one attached hydrogen (secondary N) is 2. The van der Waals surface area contributed by atoms with Crippen molar-refractivity contribution < 1.29 is 19.5 Å². The van der Waals surface area contributed by atoms with Crippen molar-refractivity contribution in [1.82, 2.24) is 5.32 Å². The number of allylic oxidation sites excluding steroid dienone is 2. The van der Waals surface area contributed by atoms with E-state index in [1.165, 1.54) is 0 Å². The van der Waals surface area contributed by atoms with Gasteiger partial charge in [0.15, 0.2) is 0 Å². The minimum Gasteiger partial charge on any atom is -0.481 e. The number of fused-ring (bicyclic) bond motifs is 2. The van der Waals surface area contributed by atoms with Crippen LogP contribution in [0.2, 0.25) is 0 Å². The molecule has 0 saturated heterocycles. The molecule has 6 nitrogen and oxygen atoms in total. The number of carboxylic acid groups (broad SMARTS) is 1. The molecular weight excluding hydrogens is 332 g/mol. The van der Waals surface area contributed by atoms with Gasteiger partial charge in [-0.2, -0.15) is 0 Å². The van der Waals surface area contributed by atoms with Gasteiger partial charge in [-0.15, -0.1) is 0 Å². The molecule has 2 aliphatic carbocycles. The third kappa shape index (κ3) is 3.64. The standard InChI is InChI=1S/C20H24N2O4/c1-20(2,3)22-17(23)11-6-8-14(9-7-11)21-18(24)15-12-4-5-13(10-12)16(15)19(25)26/h4-9,12-13,15-16H,10H2,1-3H3,(H,21,24)(H,22,23)(H,25,26). The van der Waals surface area contributed by atoms with E-state index in [9.17, 15) is 19.5 Å². The average Bonchev–Trinajstić information content (AvgIpc) is 3.14. The predicted octanol–water partition coefficient (Wildman–Crippen LogP) is 2.68. The van der Waals surface area contributed by atoms with Gasteiger partial charge in [0.25, 0.3) is 5.91 Å². The normalized spacial score (nSPS) is 26.6. The van der Waals surface area contributed by atoms with Crippen molar-refractivity contribution in [2.45, 2.75) is 32.7 Å². The summed E-state index contributed by atoms with van der Waals surface area (Å²) in [5.41, 5.74) is 0.730. The van der Waals surface area contributed by atoms with Crippen molar-refractivity contribution in [3.8, 4) is 0 Å². The molecule has 0 aliphatic heterocycles. The Kier molecular flexibility index (Phi) is 4.61. The van der Waals surface area contributed by atoms with Crippen LogP contribution in [0.25, 0.3) is 0 Å². The summed E-state index contributed by atoms with van der Waals surface area (Å²) in [5, 5.41) is 15.1. The Balaban J connectivity index is 1.68. The van der Waals surface area contributed by atoms with Crippen LogP contribution in [-0.2, 0) is 9.59 Å². The maximum atomic E-state index is 12.6. The molecule has 1 aromatic carbocycles. The highest BCUT2D eigenvalue weighted by Gasteiger charge is 2.51. The van der Waals surface area contributed by atoms with Crippen LogP contribution in [0.1, 0.15) is 37.6 Å². The summed E-state index contributed by atoms with van der Waals surface area (Å²) in [7, 11) is 0. The zero-order chi connectivity index (χ0) is 19.1. The number of amides is 2. The van der Waals surface area contributed by atoms with E-state index in [0.29, 0.717) is 11.3 Å². The van der Waals surface area contributed by atoms with Crippen molar-refractivity contribution in [2.24, 2.45) is 23.7 Å². The summed E-state index contributed by atoms with van der Waals surface area (Å²) in [6.07, 6.45) is 4.59. The largest absolute Gasteiger partial charge is 0.481 e. The first-order valence-corrected chi connectivity index (χ1v) is 8.80. The molecule has 1 saturated carbocycles. The van der Waals surface area contributed by atoms with Crippen LogP contribution in [0.5, 0.6) is 0 Å². The van der Waals surface area contributed by atoms with Gasteiger partial charge in [0.2, 0.25) is 5.91 Å². The summed E-state index contributed by atoms with van der Waals surface area (Å²) in [6.45, 7) is 5.71. The molecule has 6 heteroatoms. The SMILES string of the molecule is CC(C)(C)NC(=O)c1ccc(NC(=O)C2C3C=CC(C3)C2C(=O)O)cc1. The minimum absolute atomic E-state index is 0.0158. The lowest BCUT2D eigenvalue weighted by molar-refractivity contribution is -0.146. The van der Waals surface area contributed by atoms with Crippen LogP contribution in [-0.4, -0.2) is 28.4 Å². The zero-order valence-corrected chi connectivity index (χ0v) is 15.2. The second kappa shape index (κ2) is 6.59. The maximum Gasteiger partial charge on any atom is 0.307 e. The number of rotatable bonds is 4. The summed E-state index contributed by atoms with van der Waals surface area (Å²) in [5.74, 6) is -2.67. The molecule has 4 atom stereocenters. The monoisotopic (exact) mass is 356 g/mol. The maximum absolute atomic E-state index is 12.6. The van der Waals surface area contributed by atoms with Crippen molar-refractivity contribution in [3.05, 3.63) is 42.0 Å². The van der Waals surface area contributed by atoms with E-state index in [2.05, 4.69) is 10.6 Å². The topological polar surface area (TPSA) is 95.5 Å².